The van der Waals surface area contributed by atoms with Crippen LogP contribution in [0, 0.1) is 0 Å². The predicted octanol–water partition coefficient (Wildman–Crippen LogP) is 2.34. The monoisotopic (exact) mass is 281 g/mol. The van der Waals surface area contributed by atoms with Gasteiger partial charge in [-0.05, 0) is 30.7 Å². The van der Waals surface area contributed by atoms with Crippen molar-refractivity contribution in [1.29, 1.82) is 0 Å². The van der Waals surface area contributed by atoms with E-state index in [1.165, 1.54) is 11.8 Å². The summed E-state index contributed by atoms with van der Waals surface area (Å²) in [6.07, 6.45) is -1.24. The fraction of sp³-hybridized carbons (Fsp3) is 0.176. The molecule has 2 aromatic rings. The summed E-state index contributed by atoms with van der Waals surface area (Å²) in [5.74, 6) is -0.549. The van der Waals surface area contributed by atoms with Gasteiger partial charge in [-0.15, -0.1) is 0 Å². The normalized spacial score (nSPS) is 18.5. The van der Waals surface area contributed by atoms with Gasteiger partial charge in [0.15, 0.2) is 5.78 Å². The Morgan fingerprint density at radius 3 is 2.38 bits per heavy atom. The van der Waals surface area contributed by atoms with Crippen molar-refractivity contribution in [3.05, 3.63) is 65.7 Å². The molecule has 0 saturated carbocycles. The second-order valence-electron chi connectivity index (χ2n) is 5.10. The van der Waals surface area contributed by atoms with Crippen LogP contribution in [0.3, 0.4) is 0 Å². The lowest BCUT2D eigenvalue weighted by Crippen LogP contribution is -2.38. The Labute approximate surface area is 122 Å². The van der Waals surface area contributed by atoms with Crippen molar-refractivity contribution < 1.29 is 14.7 Å². The number of amides is 1. The van der Waals surface area contributed by atoms with Crippen LogP contribution in [-0.4, -0.2) is 22.9 Å². The number of anilines is 1. The third-order valence-corrected chi connectivity index (χ3v) is 3.76. The van der Waals surface area contributed by atoms with Crippen LogP contribution in [0.15, 0.2) is 54.6 Å². The fourth-order valence-electron chi connectivity index (χ4n) is 2.74. The first-order valence-corrected chi connectivity index (χ1v) is 6.77. The molecule has 2 atom stereocenters. The summed E-state index contributed by atoms with van der Waals surface area (Å²) in [5, 5.41) is 10.3. The number of ketones is 1. The van der Waals surface area contributed by atoms with Crippen LogP contribution < -0.4 is 4.90 Å². The molecule has 1 aliphatic heterocycles. The molecule has 21 heavy (non-hydrogen) atoms. The molecule has 0 unspecified atom stereocenters. The van der Waals surface area contributed by atoms with E-state index in [0.717, 1.165) is 0 Å². The molecule has 0 saturated heterocycles. The number of carbonyl (C=O) groups is 2. The molecule has 2 aromatic carbocycles. The minimum atomic E-state index is -1.24. The molecule has 3 rings (SSSR count). The molecule has 1 heterocycles. The largest absolute Gasteiger partial charge is 0.383 e. The number of nitrogens with zero attached hydrogens (tertiary/aromatic N) is 1. The molecule has 0 spiro atoms. The van der Waals surface area contributed by atoms with Gasteiger partial charge >= 0.3 is 0 Å². The standard InChI is InChI=1S/C17H15NO3/c1-11(19)16(20)15-13-9-5-6-10-14(13)17(21)18(15)12-7-3-2-4-8-12/h2-10,15-16,20H,1H3/t15-,16-/m1/s1. The Kier molecular flexibility index (Phi) is 3.31. The van der Waals surface area contributed by atoms with E-state index in [1.807, 2.05) is 18.2 Å². The average Bonchev–Trinajstić information content (AvgIpc) is 2.81. The van der Waals surface area contributed by atoms with E-state index >= 15 is 0 Å². The Hall–Kier alpha value is -2.46. The summed E-state index contributed by atoms with van der Waals surface area (Å²) in [5.41, 5.74) is 1.89. The zero-order valence-corrected chi connectivity index (χ0v) is 11.6. The van der Waals surface area contributed by atoms with Gasteiger partial charge in [0.1, 0.15) is 6.10 Å². The van der Waals surface area contributed by atoms with Gasteiger partial charge in [-0.1, -0.05) is 36.4 Å². The second kappa shape index (κ2) is 5.14. The van der Waals surface area contributed by atoms with Gasteiger partial charge in [-0.25, -0.2) is 0 Å². The van der Waals surface area contributed by atoms with E-state index in [-0.39, 0.29) is 11.7 Å². The maximum absolute atomic E-state index is 12.6. The third kappa shape index (κ3) is 2.14. The summed E-state index contributed by atoms with van der Waals surface area (Å²) in [6, 6.07) is 15.5. The average molecular weight is 281 g/mol. The number of fused-ring (bicyclic) bond motifs is 1. The van der Waals surface area contributed by atoms with Crippen molar-refractivity contribution in [1.82, 2.24) is 0 Å². The van der Waals surface area contributed by atoms with Crippen molar-refractivity contribution in [2.24, 2.45) is 0 Å². The maximum atomic E-state index is 12.6. The van der Waals surface area contributed by atoms with Crippen LogP contribution in [0.2, 0.25) is 0 Å². The van der Waals surface area contributed by atoms with Crippen LogP contribution in [0.5, 0.6) is 0 Å². The van der Waals surface area contributed by atoms with Crippen LogP contribution in [0.25, 0.3) is 0 Å². The second-order valence-corrected chi connectivity index (χ2v) is 5.10. The molecular formula is C17H15NO3. The molecule has 4 heteroatoms. The minimum Gasteiger partial charge on any atom is -0.383 e. The van der Waals surface area contributed by atoms with Crippen LogP contribution >= 0.6 is 0 Å². The van der Waals surface area contributed by atoms with E-state index in [0.29, 0.717) is 16.8 Å². The predicted molar refractivity (Wildman–Crippen MR) is 79.1 cm³/mol. The van der Waals surface area contributed by atoms with E-state index in [4.69, 9.17) is 0 Å². The Morgan fingerprint density at radius 1 is 1.10 bits per heavy atom. The molecule has 106 valence electrons. The molecule has 1 aliphatic rings. The van der Waals surface area contributed by atoms with Gasteiger partial charge in [-0.3, -0.25) is 14.5 Å². The lowest BCUT2D eigenvalue weighted by Gasteiger charge is -2.28. The lowest BCUT2D eigenvalue weighted by molar-refractivity contribution is -0.125. The van der Waals surface area contributed by atoms with E-state index in [1.54, 1.807) is 36.4 Å². The van der Waals surface area contributed by atoms with Gasteiger partial charge in [0.25, 0.3) is 5.91 Å². The number of Topliss-reactive ketones (excluding diaryl/α,β-unsaturated/α-hetero) is 1. The first-order chi connectivity index (χ1) is 10.1. The molecule has 4 nitrogen and oxygen atoms in total. The quantitative estimate of drug-likeness (QED) is 0.939. The maximum Gasteiger partial charge on any atom is 0.259 e. The number of aliphatic hydroxyl groups excluding tert-OH is 1. The molecule has 0 radical (unpaired) electrons. The zero-order valence-electron chi connectivity index (χ0n) is 11.6. The smallest absolute Gasteiger partial charge is 0.259 e. The Morgan fingerprint density at radius 2 is 1.71 bits per heavy atom. The first-order valence-electron chi connectivity index (χ1n) is 6.77. The van der Waals surface area contributed by atoms with Gasteiger partial charge in [0, 0.05) is 11.3 Å². The number of hydrogen-bond donors (Lipinski definition) is 1. The van der Waals surface area contributed by atoms with Crippen molar-refractivity contribution in [2.75, 3.05) is 4.90 Å². The fourth-order valence-corrected chi connectivity index (χ4v) is 2.74. The number of benzene rings is 2. The van der Waals surface area contributed by atoms with Gasteiger partial charge in [-0.2, -0.15) is 0 Å². The van der Waals surface area contributed by atoms with E-state index in [9.17, 15) is 14.7 Å². The van der Waals surface area contributed by atoms with Crippen molar-refractivity contribution in [3.63, 3.8) is 0 Å². The number of aliphatic hydroxyl groups is 1. The Bertz CT molecular complexity index is 696. The SMILES string of the molecule is CC(=O)[C@@H](O)[C@H]1c2ccccc2C(=O)N1c1ccccc1. The van der Waals surface area contributed by atoms with Gasteiger partial charge in [0.2, 0.25) is 0 Å². The van der Waals surface area contributed by atoms with Crippen molar-refractivity contribution in [2.45, 2.75) is 19.1 Å². The minimum absolute atomic E-state index is 0.192. The zero-order chi connectivity index (χ0) is 15.0. The van der Waals surface area contributed by atoms with Crippen LogP contribution in [-0.2, 0) is 4.79 Å². The number of hydrogen-bond acceptors (Lipinski definition) is 3. The van der Waals surface area contributed by atoms with E-state index < -0.39 is 12.1 Å². The highest BCUT2D eigenvalue weighted by Crippen LogP contribution is 2.39. The molecule has 1 amide bonds. The lowest BCUT2D eigenvalue weighted by atomic mass is 9.98. The topological polar surface area (TPSA) is 57.6 Å². The van der Waals surface area contributed by atoms with Crippen LogP contribution in [0.1, 0.15) is 28.9 Å². The van der Waals surface area contributed by atoms with Crippen LogP contribution in [0.4, 0.5) is 5.69 Å². The Balaban J connectivity index is 2.15. The first kappa shape index (κ1) is 13.5. The molecule has 1 N–H and O–H groups in total. The van der Waals surface area contributed by atoms with Crippen molar-refractivity contribution in [3.8, 4) is 0 Å². The summed E-state index contributed by atoms with van der Waals surface area (Å²) in [7, 11) is 0. The highest BCUT2D eigenvalue weighted by molar-refractivity contribution is 6.11. The summed E-state index contributed by atoms with van der Waals surface area (Å²) < 4.78 is 0. The van der Waals surface area contributed by atoms with Gasteiger partial charge in [0.05, 0.1) is 6.04 Å². The highest BCUT2D eigenvalue weighted by atomic mass is 16.3. The summed E-state index contributed by atoms with van der Waals surface area (Å²) in [4.78, 5) is 25.8. The molecule has 0 fully saturated rings. The van der Waals surface area contributed by atoms with E-state index in [2.05, 4.69) is 0 Å². The van der Waals surface area contributed by atoms with Gasteiger partial charge < -0.3 is 5.11 Å². The number of rotatable bonds is 3. The molecule has 0 aromatic heterocycles. The highest BCUT2D eigenvalue weighted by Gasteiger charge is 2.42. The number of para-hydroxylation sites is 1. The summed E-state index contributed by atoms with van der Waals surface area (Å²) in [6.45, 7) is 1.33. The van der Waals surface area contributed by atoms with Crippen molar-refractivity contribution >= 4 is 17.4 Å². The third-order valence-electron chi connectivity index (χ3n) is 3.76. The molecular weight excluding hydrogens is 266 g/mol. The number of carbonyl (C=O) groups excluding carboxylic acids is 2. The summed E-state index contributed by atoms with van der Waals surface area (Å²) >= 11 is 0. The molecule has 0 bridgehead atoms. The molecule has 0 aliphatic carbocycles.